The van der Waals surface area contributed by atoms with E-state index in [0.717, 1.165) is 29.0 Å². The van der Waals surface area contributed by atoms with E-state index in [0.29, 0.717) is 32.8 Å². The molecule has 3 aromatic heterocycles. The van der Waals surface area contributed by atoms with Gasteiger partial charge in [0.15, 0.2) is 11.6 Å². The third-order valence-electron chi connectivity index (χ3n) is 4.72. The van der Waals surface area contributed by atoms with Crippen molar-refractivity contribution in [3.8, 4) is 0 Å². The van der Waals surface area contributed by atoms with Gasteiger partial charge in [0.25, 0.3) is 5.91 Å². The Labute approximate surface area is 174 Å². The maximum absolute atomic E-state index is 13.5. The number of aryl methyl sites for hydroxylation is 1. The van der Waals surface area contributed by atoms with Gasteiger partial charge in [0.05, 0.1) is 15.1 Å². The van der Waals surface area contributed by atoms with E-state index in [9.17, 15) is 18.4 Å². The highest BCUT2D eigenvalue weighted by Crippen LogP contribution is 2.24. The van der Waals surface area contributed by atoms with Crippen molar-refractivity contribution in [2.45, 2.75) is 13.0 Å². The van der Waals surface area contributed by atoms with Crippen LogP contribution in [-0.2, 0) is 20.0 Å². The van der Waals surface area contributed by atoms with Crippen LogP contribution < -0.4 is 10.7 Å². The second-order valence-corrected chi connectivity index (χ2v) is 7.94. The summed E-state index contributed by atoms with van der Waals surface area (Å²) in [4.78, 5) is 29.9. The van der Waals surface area contributed by atoms with Gasteiger partial charge in [-0.15, -0.1) is 11.3 Å². The number of carbonyl (C=O) groups excluding carboxylic acids is 1. The molecule has 4 rings (SSSR count). The van der Waals surface area contributed by atoms with Gasteiger partial charge < -0.3 is 9.88 Å². The fourth-order valence-corrected chi connectivity index (χ4v) is 4.28. The second-order valence-electron chi connectivity index (χ2n) is 6.89. The summed E-state index contributed by atoms with van der Waals surface area (Å²) in [6.45, 7) is 0.332. The molecule has 0 aliphatic rings. The highest BCUT2D eigenvalue weighted by molar-refractivity contribution is 7.20. The lowest BCUT2D eigenvalue weighted by Crippen LogP contribution is -2.21. The van der Waals surface area contributed by atoms with Crippen LogP contribution in [0.3, 0.4) is 0 Å². The maximum Gasteiger partial charge on any atom is 0.261 e. The molecule has 4 aromatic rings. The van der Waals surface area contributed by atoms with E-state index in [1.165, 1.54) is 6.07 Å². The number of hydrogen-bond donors (Lipinski definition) is 1. The van der Waals surface area contributed by atoms with Gasteiger partial charge in [-0.2, -0.15) is 0 Å². The third kappa shape index (κ3) is 3.99. The number of hydrogen-bond acceptors (Lipinski definition) is 4. The predicted octanol–water partition coefficient (Wildman–Crippen LogP) is 3.79. The van der Waals surface area contributed by atoms with Crippen molar-refractivity contribution in [2.75, 3.05) is 0 Å². The zero-order valence-corrected chi connectivity index (χ0v) is 16.8. The number of nitrogens with one attached hydrogen (secondary N) is 1. The minimum atomic E-state index is -0.950. The summed E-state index contributed by atoms with van der Waals surface area (Å²) in [7, 11) is 1.78. The number of benzene rings is 1. The Morgan fingerprint density at radius 1 is 1.17 bits per heavy atom. The van der Waals surface area contributed by atoms with Crippen LogP contribution in [0.2, 0.25) is 0 Å². The molecule has 1 N–H and O–H groups in total. The minimum absolute atomic E-state index is 0.167. The molecule has 1 aromatic carbocycles. The van der Waals surface area contributed by atoms with Gasteiger partial charge >= 0.3 is 0 Å². The number of thiophene rings is 1. The van der Waals surface area contributed by atoms with E-state index in [4.69, 9.17) is 0 Å². The van der Waals surface area contributed by atoms with Gasteiger partial charge in [-0.25, -0.2) is 8.78 Å². The van der Waals surface area contributed by atoms with E-state index >= 15 is 0 Å². The number of halogens is 2. The monoisotopic (exact) mass is 425 g/mol. The molecule has 0 spiro atoms. The molecule has 1 amide bonds. The summed E-state index contributed by atoms with van der Waals surface area (Å²) in [5.41, 5.74) is 2.24. The first-order valence-corrected chi connectivity index (χ1v) is 9.97. The first-order valence-electron chi connectivity index (χ1n) is 9.15. The molecule has 30 heavy (non-hydrogen) atoms. The standard InChI is InChI=1S/C22H17F2N3O2S/c1-27-12-15(7-13-4-5-16(23)17(24)8-13)20(28)21-18(27)9-19(30-21)22(29)26-11-14-3-2-6-25-10-14/h2-6,8-10,12H,7,11H2,1H3,(H,26,29). The summed E-state index contributed by atoms with van der Waals surface area (Å²) >= 11 is 1.12. The Morgan fingerprint density at radius 2 is 2.00 bits per heavy atom. The summed E-state index contributed by atoms with van der Waals surface area (Å²) in [5.74, 6) is -2.15. The van der Waals surface area contributed by atoms with Crippen molar-refractivity contribution in [3.63, 3.8) is 0 Å². The van der Waals surface area contributed by atoms with Crippen LogP contribution in [0.5, 0.6) is 0 Å². The van der Waals surface area contributed by atoms with Gasteiger partial charge in [-0.05, 0) is 35.4 Å². The molecule has 0 aliphatic heterocycles. The largest absolute Gasteiger partial charge is 0.349 e. The van der Waals surface area contributed by atoms with Crippen molar-refractivity contribution in [2.24, 2.45) is 7.05 Å². The molecule has 0 fully saturated rings. The third-order valence-corrected chi connectivity index (χ3v) is 5.84. The van der Waals surface area contributed by atoms with Crippen molar-refractivity contribution in [1.29, 1.82) is 0 Å². The average molecular weight is 425 g/mol. The van der Waals surface area contributed by atoms with Crippen molar-refractivity contribution >= 4 is 27.5 Å². The molecule has 152 valence electrons. The number of fused-ring (bicyclic) bond motifs is 1. The van der Waals surface area contributed by atoms with Crippen molar-refractivity contribution in [1.82, 2.24) is 14.9 Å². The molecule has 0 saturated carbocycles. The molecule has 0 bridgehead atoms. The second kappa shape index (κ2) is 8.16. The fourth-order valence-electron chi connectivity index (χ4n) is 3.19. The molecule has 8 heteroatoms. The quantitative estimate of drug-likeness (QED) is 0.529. The Morgan fingerprint density at radius 3 is 2.73 bits per heavy atom. The topological polar surface area (TPSA) is 64.0 Å². The van der Waals surface area contributed by atoms with Crippen LogP contribution in [0.15, 0.2) is 59.8 Å². The molecule has 3 heterocycles. The first kappa shape index (κ1) is 19.9. The fraction of sp³-hybridized carbons (Fsp3) is 0.136. The van der Waals surface area contributed by atoms with E-state index in [-0.39, 0.29) is 17.8 Å². The lowest BCUT2D eigenvalue weighted by Gasteiger charge is -2.06. The Hall–Kier alpha value is -3.39. The Kier molecular flexibility index (Phi) is 5.41. The molecule has 0 atom stereocenters. The Balaban J connectivity index is 1.61. The first-order chi connectivity index (χ1) is 14.4. The van der Waals surface area contributed by atoms with Crippen LogP contribution in [0.4, 0.5) is 8.78 Å². The van der Waals surface area contributed by atoms with Gasteiger partial charge in [0.2, 0.25) is 5.43 Å². The number of amides is 1. The number of carbonyl (C=O) groups is 1. The number of rotatable bonds is 5. The van der Waals surface area contributed by atoms with Crippen molar-refractivity contribution in [3.05, 3.63) is 98.4 Å². The van der Waals surface area contributed by atoms with Gasteiger partial charge in [0, 0.05) is 44.2 Å². The minimum Gasteiger partial charge on any atom is -0.349 e. The van der Waals surface area contributed by atoms with Gasteiger partial charge in [-0.1, -0.05) is 12.1 Å². The smallest absolute Gasteiger partial charge is 0.261 e. The lowest BCUT2D eigenvalue weighted by molar-refractivity contribution is 0.0955. The maximum atomic E-state index is 13.5. The van der Waals surface area contributed by atoms with Gasteiger partial charge in [0.1, 0.15) is 0 Å². The average Bonchev–Trinajstić information content (AvgIpc) is 3.20. The van der Waals surface area contributed by atoms with Crippen LogP contribution in [-0.4, -0.2) is 15.5 Å². The van der Waals surface area contributed by atoms with Gasteiger partial charge in [-0.3, -0.25) is 14.6 Å². The molecular formula is C22H17F2N3O2S. The lowest BCUT2D eigenvalue weighted by atomic mass is 10.1. The molecule has 0 unspecified atom stereocenters. The van der Waals surface area contributed by atoms with E-state index < -0.39 is 11.6 Å². The molecule has 0 saturated heterocycles. The van der Waals surface area contributed by atoms with Crippen LogP contribution >= 0.6 is 11.3 Å². The molecule has 0 radical (unpaired) electrons. The number of nitrogens with zero attached hydrogens (tertiary/aromatic N) is 2. The summed E-state index contributed by atoms with van der Waals surface area (Å²) in [5, 5.41) is 2.82. The van der Waals surface area contributed by atoms with E-state index in [2.05, 4.69) is 10.3 Å². The van der Waals surface area contributed by atoms with E-state index in [1.807, 2.05) is 6.07 Å². The predicted molar refractivity (Wildman–Crippen MR) is 112 cm³/mol. The summed E-state index contributed by atoms with van der Waals surface area (Å²) < 4.78 is 28.9. The van der Waals surface area contributed by atoms with E-state index in [1.54, 1.807) is 42.3 Å². The molecule has 5 nitrogen and oxygen atoms in total. The Bertz CT molecular complexity index is 1300. The SMILES string of the molecule is Cn1cc(Cc2ccc(F)c(F)c2)c(=O)c2sc(C(=O)NCc3cccnc3)cc21. The highest BCUT2D eigenvalue weighted by atomic mass is 32.1. The van der Waals surface area contributed by atoms with Crippen molar-refractivity contribution < 1.29 is 13.6 Å². The van der Waals surface area contributed by atoms with Crippen LogP contribution in [0.25, 0.3) is 10.2 Å². The summed E-state index contributed by atoms with van der Waals surface area (Å²) in [6, 6.07) is 8.92. The highest BCUT2D eigenvalue weighted by Gasteiger charge is 2.16. The molecule has 0 aliphatic carbocycles. The number of aromatic nitrogens is 2. The zero-order valence-electron chi connectivity index (χ0n) is 16.0. The van der Waals surface area contributed by atoms with Crippen LogP contribution in [0, 0.1) is 11.6 Å². The number of pyridine rings is 2. The summed E-state index contributed by atoms with van der Waals surface area (Å²) in [6.07, 6.45) is 5.16. The zero-order chi connectivity index (χ0) is 21.3. The van der Waals surface area contributed by atoms with Crippen LogP contribution in [0.1, 0.15) is 26.4 Å². The normalized spacial score (nSPS) is 11.0. The molecular weight excluding hydrogens is 408 g/mol.